The number of rotatable bonds is 3. The highest BCUT2D eigenvalue weighted by molar-refractivity contribution is 7.89. The number of nitrogens with one attached hydrogen (secondary N) is 1. The summed E-state index contributed by atoms with van der Waals surface area (Å²) < 4.78 is 28.6. The second-order valence-corrected chi connectivity index (χ2v) is 6.65. The zero-order valence-electron chi connectivity index (χ0n) is 10.4. The number of sulfonamides is 1. The molecule has 0 aliphatic carbocycles. The van der Waals surface area contributed by atoms with E-state index in [0.29, 0.717) is 11.8 Å². The number of para-hydroxylation sites is 1. The fourth-order valence-corrected chi connectivity index (χ4v) is 3.59. The molecule has 3 atom stereocenters. The molecular formula is C12H17N3O3S. The summed E-state index contributed by atoms with van der Waals surface area (Å²) in [7, 11) is -3.80. The first kappa shape index (κ1) is 12.7. The van der Waals surface area contributed by atoms with Crippen molar-refractivity contribution in [3.63, 3.8) is 0 Å². The van der Waals surface area contributed by atoms with Gasteiger partial charge in [0.2, 0.25) is 10.0 Å². The fraction of sp³-hybridized carbons (Fsp3) is 0.500. The van der Waals surface area contributed by atoms with Gasteiger partial charge in [0.1, 0.15) is 4.90 Å². The standard InChI is InChI=1S/C12H17N3O3S/c13-12-8(2-1-3-11(12)19(14,16)17)15-9-6-7-4-5-10(9)18-7/h1-3,7,9-10,15H,4-6,13H2,(H2,14,16,17). The summed E-state index contributed by atoms with van der Waals surface area (Å²) in [5.41, 5.74) is 6.66. The van der Waals surface area contributed by atoms with Crippen molar-refractivity contribution in [3.05, 3.63) is 18.2 Å². The van der Waals surface area contributed by atoms with E-state index in [9.17, 15) is 8.42 Å². The van der Waals surface area contributed by atoms with Crippen LogP contribution in [-0.4, -0.2) is 26.7 Å². The lowest BCUT2D eigenvalue weighted by Crippen LogP contribution is -2.31. The number of hydrogen-bond acceptors (Lipinski definition) is 5. The van der Waals surface area contributed by atoms with Crippen molar-refractivity contribution in [2.45, 2.75) is 42.4 Å². The fourth-order valence-electron chi connectivity index (χ4n) is 2.91. The van der Waals surface area contributed by atoms with E-state index in [0.717, 1.165) is 19.3 Å². The molecule has 0 amide bonds. The van der Waals surface area contributed by atoms with Crippen LogP contribution in [0.4, 0.5) is 11.4 Å². The van der Waals surface area contributed by atoms with Crippen LogP contribution in [0.3, 0.4) is 0 Å². The van der Waals surface area contributed by atoms with Crippen LogP contribution in [0, 0.1) is 0 Å². The molecule has 1 aromatic rings. The van der Waals surface area contributed by atoms with Crippen LogP contribution >= 0.6 is 0 Å². The predicted octanol–water partition coefficient (Wildman–Crippen LogP) is 0.648. The molecule has 7 heteroatoms. The zero-order chi connectivity index (χ0) is 13.6. The van der Waals surface area contributed by atoms with E-state index >= 15 is 0 Å². The molecule has 3 unspecified atom stereocenters. The van der Waals surface area contributed by atoms with Crippen molar-refractivity contribution in [1.29, 1.82) is 0 Å². The Bertz CT molecular complexity index is 602. The molecule has 0 spiro atoms. The first-order chi connectivity index (χ1) is 8.95. The van der Waals surface area contributed by atoms with E-state index in [-0.39, 0.29) is 22.7 Å². The average molecular weight is 283 g/mol. The number of ether oxygens (including phenoxy) is 1. The van der Waals surface area contributed by atoms with Gasteiger partial charge in [0.15, 0.2) is 0 Å². The Hall–Kier alpha value is -1.31. The average Bonchev–Trinajstić information content (AvgIpc) is 2.92. The van der Waals surface area contributed by atoms with Gasteiger partial charge in [0.05, 0.1) is 29.6 Å². The molecule has 6 nitrogen and oxygen atoms in total. The first-order valence-electron chi connectivity index (χ1n) is 6.28. The maximum absolute atomic E-state index is 11.4. The van der Waals surface area contributed by atoms with Crippen LogP contribution in [0.15, 0.2) is 23.1 Å². The van der Waals surface area contributed by atoms with Gasteiger partial charge in [-0.25, -0.2) is 13.6 Å². The molecule has 19 heavy (non-hydrogen) atoms. The lowest BCUT2D eigenvalue weighted by molar-refractivity contribution is 0.102. The molecule has 104 valence electrons. The molecule has 2 aliphatic heterocycles. The molecular weight excluding hydrogens is 266 g/mol. The van der Waals surface area contributed by atoms with E-state index in [1.807, 2.05) is 0 Å². The second-order valence-electron chi connectivity index (χ2n) is 5.12. The van der Waals surface area contributed by atoms with Crippen LogP contribution in [0.25, 0.3) is 0 Å². The number of fused-ring (bicyclic) bond motifs is 2. The Morgan fingerprint density at radius 1 is 1.32 bits per heavy atom. The summed E-state index contributed by atoms with van der Waals surface area (Å²) >= 11 is 0. The van der Waals surface area contributed by atoms with E-state index < -0.39 is 10.0 Å². The number of nitrogens with two attached hydrogens (primary N) is 2. The minimum atomic E-state index is -3.80. The molecule has 5 N–H and O–H groups in total. The smallest absolute Gasteiger partial charge is 0.240 e. The summed E-state index contributed by atoms with van der Waals surface area (Å²) in [5.74, 6) is 0. The molecule has 2 aliphatic rings. The molecule has 0 aromatic heterocycles. The zero-order valence-corrected chi connectivity index (χ0v) is 11.2. The molecule has 2 heterocycles. The number of anilines is 2. The van der Waals surface area contributed by atoms with Gasteiger partial charge in [-0.2, -0.15) is 0 Å². The van der Waals surface area contributed by atoms with Crippen molar-refractivity contribution in [2.75, 3.05) is 11.1 Å². The molecule has 3 rings (SSSR count). The highest BCUT2D eigenvalue weighted by Crippen LogP contribution is 2.37. The molecule has 0 radical (unpaired) electrons. The topological polar surface area (TPSA) is 107 Å². The van der Waals surface area contributed by atoms with Crippen LogP contribution in [-0.2, 0) is 14.8 Å². The highest BCUT2D eigenvalue weighted by Gasteiger charge is 2.40. The van der Waals surface area contributed by atoms with Crippen LogP contribution in [0.1, 0.15) is 19.3 Å². The van der Waals surface area contributed by atoms with Crippen molar-refractivity contribution in [2.24, 2.45) is 5.14 Å². The van der Waals surface area contributed by atoms with E-state index in [1.54, 1.807) is 12.1 Å². The van der Waals surface area contributed by atoms with Gasteiger partial charge in [-0.1, -0.05) is 6.07 Å². The molecule has 2 saturated heterocycles. The monoisotopic (exact) mass is 283 g/mol. The largest absolute Gasteiger partial charge is 0.396 e. The van der Waals surface area contributed by atoms with Crippen LogP contribution in [0.5, 0.6) is 0 Å². The molecule has 2 bridgehead atoms. The van der Waals surface area contributed by atoms with Crippen molar-refractivity contribution < 1.29 is 13.2 Å². The van der Waals surface area contributed by atoms with Crippen LogP contribution < -0.4 is 16.2 Å². The minimum Gasteiger partial charge on any atom is -0.396 e. The van der Waals surface area contributed by atoms with E-state index in [4.69, 9.17) is 15.6 Å². The molecule has 1 aromatic carbocycles. The number of nitrogen functional groups attached to an aromatic ring is 1. The Balaban J connectivity index is 1.86. The third-order valence-corrected chi connectivity index (χ3v) is 4.79. The predicted molar refractivity (Wildman–Crippen MR) is 72.2 cm³/mol. The van der Waals surface area contributed by atoms with Crippen molar-refractivity contribution in [1.82, 2.24) is 0 Å². The Labute approximate surface area is 112 Å². The first-order valence-corrected chi connectivity index (χ1v) is 7.83. The number of benzene rings is 1. The van der Waals surface area contributed by atoms with E-state index in [1.165, 1.54) is 6.07 Å². The lowest BCUT2D eigenvalue weighted by Gasteiger charge is -2.22. The third kappa shape index (κ3) is 2.29. The van der Waals surface area contributed by atoms with Crippen molar-refractivity contribution >= 4 is 21.4 Å². The Morgan fingerprint density at radius 3 is 2.68 bits per heavy atom. The van der Waals surface area contributed by atoms with Gasteiger partial charge in [0.25, 0.3) is 0 Å². The Morgan fingerprint density at radius 2 is 2.11 bits per heavy atom. The summed E-state index contributed by atoms with van der Waals surface area (Å²) in [6, 6.07) is 4.99. The molecule has 2 fully saturated rings. The SMILES string of the molecule is Nc1c(NC2CC3CCC2O3)cccc1S(N)(=O)=O. The third-order valence-electron chi connectivity index (χ3n) is 3.82. The number of primary sulfonamides is 1. The van der Waals surface area contributed by atoms with Gasteiger partial charge in [0, 0.05) is 0 Å². The lowest BCUT2D eigenvalue weighted by atomic mass is 9.95. The summed E-state index contributed by atoms with van der Waals surface area (Å²) in [6.45, 7) is 0. The quantitative estimate of drug-likeness (QED) is 0.706. The maximum Gasteiger partial charge on any atom is 0.240 e. The van der Waals surface area contributed by atoms with Gasteiger partial charge >= 0.3 is 0 Å². The summed E-state index contributed by atoms with van der Waals surface area (Å²) in [6.07, 6.45) is 3.60. The van der Waals surface area contributed by atoms with Crippen molar-refractivity contribution in [3.8, 4) is 0 Å². The van der Waals surface area contributed by atoms with Gasteiger partial charge in [-0.05, 0) is 31.4 Å². The normalized spacial score (nSPS) is 29.6. The Kier molecular flexibility index (Phi) is 2.92. The van der Waals surface area contributed by atoms with Gasteiger partial charge in [-0.3, -0.25) is 0 Å². The minimum absolute atomic E-state index is 0.0402. The highest BCUT2D eigenvalue weighted by atomic mass is 32.2. The van der Waals surface area contributed by atoms with E-state index in [2.05, 4.69) is 5.32 Å². The molecule has 0 saturated carbocycles. The summed E-state index contributed by atoms with van der Waals surface area (Å²) in [4.78, 5) is -0.0402. The van der Waals surface area contributed by atoms with Gasteiger partial charge in [-0.15, -0.1) is 0 Å². The maximum atomic E-state index is 11.4. The number of hydrogen-bond donors (Lipinski definition) is 3. The summed E-state index contributed by atoms with van der Waals surface area (Å²) in [5, 5.41) is 8.42. The van der Waals surface area contributed by atoms with Crippen LogP contribution in [0.2, 0.25) is 0 Å². The van der Waals surface area contributed by atoms with Gasteiger partial charge < -0.3 is 15.8 Å². The second kappa shape index (κ2) is 4.36.